The molecule has 0 aliphatic heterocycles. The maximum absolute atomic E-state index is 12.6. The summed E-state index contributed by atoms with van der Waals surface area (Å²) in [4.78, 5) is 2.35. The summed E-state index contributed by atoms with van der Waals surface area (Å²) in [6, 6.07) is 15.7. The molecule has 6 nitrogen and oxygen atoms in total. The lowest BCUT2D eigenvalue weighted by molar-refractivity contribution is 0.317. The van der Waals surface area contributed by atoms with E-state index in [0.29, 0.717) is 29.9 Å². The smallest absolute Gasteiger partial charge is 0.276 e. The highest BCUT2D eigenvalue weighted by molar-refractivity contribution is 7.89. The first-order valence-corrected chi connectivity index (χ1v) is 10.6. The van der Waals surface area contributed by atoms with E-state index in [1.807, 2.05) is 31.2 Å². The minimum atomic E-state index is -3.82. The Kier molecular flexibility index (Phi) is 6.19. The first-order valence-electron chi connectivity index (χ1n) is 9.08. The van der Waals surface area contributed by atoms with Crippen molar-refractivity contribution >= 4 is 27.0 Å². The van der Waals surface area contributed by atoms with E-state index in [0.717, 1.165) is 10.8 Å². The van der Waals surface area contributed by atoms with Crippen molar-refractivity contribution in [3.63, 3.8) is 0 Å². The molecule has 0 aliphatic rings. The Morgan fingerprint density at radius 3 is 2.62 bits per heavy atom. The van der Waals surface area contributed by atoms with E-state index in [1.54, 1.807) is 30.3 Å². The number of ether oxygens (including phenoxy) is 1. The summed E-state index contributed by atoms with van der Waals surface area (Å²) in [6.07, 6.45) is 3.47. The molecule has 2 N–H and O–H groups in total. The first kappa shape index (κ1) is 20.4. The van der Waals surface area contributed by atoms with E-state index in [1.165, 1.54) is 12.3 Å². The molecule has 0 saturated heterocycles. The molecule has 3 rings (SSSR count). The molecule has 0 bridgehead atoms. The van der Waals surface area contributed by atoms with Crippen LogP contribution < -0.4 is 9.57 Å². The van der Waals surface area contributed by atoms with Crippen molar-refractivity contribution in [2.45, 2.75) is 18.2 Å². The predicted molar refractivity (Wildman–Crippen MR) is 115 cm³/mol. The van der Waals surface area contributed by atoms with Crippen LogP contribution in [0, 0.1) is 0 Å². The number of phenols is 1. The van der Waals surface area contributed by atoms with Crippen LogP contribution in [0.5, 0.6) is 11.5 Å². The Morgan fingerprint density at radius 1 is 1.14 bits per heavy atom. The molecule has 0 amide bonds. The topological polar surface area (TPSA) is 88.0 Å². The molecule has 0 unspecified atom stereocenters. The number of benzene rings is 3. The first-order chi connectivity index (χ1) is 13.9. The number of nitrogens with one attached hydrogen (secondary N) is 1. The number of fused-ring (bicyclic) bond motifs is 1. The van der Waals surface area contributed by atoms with E-state index < -0.39 is 10.0 Å². The maximum Gasteiger partial charge on any atom is 0.276 e. The Labute approximate surface area is 170 Å². The van der Waals surface area contributed by atoms with Gasteiger partial charge < -0.3 is 9.84 Å². The molecular formula is C22H22N2O4S. The third-order valence-electron chi connectivity index (χ3n) is 4.26. The van der Waals surface area contributed by atoms with Gasteiger partial charge in [-0.05, 0) is 53.9 Å². The number of rotatable bonds is 8. The van der Waals surface area contributed by atoms with Crippen LogP contribution in [-0.4, -0.2) is 26.3 Å². The Hall–Kier alpha value is -3.32. The fourth-order valence-corrected chi connectivity index (χ4v) is 3.72. The van der Waals surface area contributed by atoms with Gasteiger partial charge in [0, 0.05) is 5.56 Å². The highest BCUT2D eigenvalue weighted by Crippen LogP contribution is 2.32. The lowest BCUT2D eigenvalue weighted by atomic mass is 10.1. The molecule has 7 heteroatoms. The second-order valence-corrected chi connectivity index (χ2v) is 7.98. The zero-order valence-corrected chi connectivity index (χ0v) is 16.8. The van der Waals surface area contributed by atoms with Crippen LogP contribution in [0.15, 0.2) is 77.2 Å². The van der Waals surface area contributed by atoms with Gasteiger partial charge in [0.25, 0.3) is 10.0 Å². The third-order valence-corrected chi connectivity index (χ3v) is 5.48. The van der Waals surface area contributed by atoms with Gasteiger partial charge in [0.2, 0.25) is 0 Å². The molecule has 0 aliphatic carbocycles. The van der Waals surface area contributed by atoms with Gasteiger partial charge in [0.1, 0.15) is 0 Å². The van der Waals surface area contributed by atoms with Crippen LogP contribution in [-0.2, 0) is 16.4 Å². The minimum absolute atomic E-state index is 0.0423. The highest BCUT2D eigenvalue weighted by atomic mass is 32.2. The molecule has 3 aromatic carbocycles. The van der Waals surface area contributed by atoms with Crippen LogP contribution in [0.3, 0.4) is 0 Å². The van der Waals surface area contributed by atoms with Crippen molar-refractivity contribution in [2.75, 3.05) is 6.61 Å². The van der Waals surface area contributed by atoms with Crippen molar-refractivity contribution in [3.8, 4) is 11.5 Å². The second-order valence-electron chi connectivity index (χ2n) is 6.31. The average molecular weight is 410 g/mol. The molecule has 0 spiro atoms. The largest absolute Gasteiger partial charge is 0.504 e. The second kappa shape index (κ2) is 8.79. The molecule has 3 aromatic rings. The molecule has 29 heavy (non-hydrogen) atoms. The molecule has 0 heterocycles. The summed E-state index contributed by atoms with van der Waals surface area (Å²) in [5, 5.41) is 15.9. The summed E-state index contributed by atoms with van der Waals surface area (Å²) < 4.78 is 30.5. The number of sulfonamides is 1. The lowest BCUT2D eigenvalue weighted by Crippen LogP contribution is -2.18. The van der Waals surface area contributed by atoms with Gasteiger partial charge in [-0.15, -0.1) is 6.58 Å². The number of allylic oxidation sites excluding steroid dienone is 1. The number of hydrogen-bond donors (Lipinski definition) is 2. The Balaban J connectivity index is 1.84. The predicted octanol–water partition coefficient (Wildman–Crippen LogP) is 3.99. The summed E-state index contributed by atoms with van der Waals surface area (Å²) in [5.74, 6) is 0.353. The molecule has 0 radical (unpaired) electrons. The highest BCUT2D eigenvalue weighted by Gasteiger charge is 2.14. The van der Waals surface area contributed by atoms with Crippen LogP contribution >= 0.6 is 0 Å². The van der Waals surface area contributed by atoms with Crippen LogP contribution in [0.4, 0.5) is 0 Å². The number of hydrogen-bond acceptors (Lipinski definition) is 5. The quantitative estimate of drug-likeness (QED) is 0.334. The minimum Gasteiger partial charge on any atom is -0.504 e. The molecule has 0 aromatic heterocycles. The number of nitrogens with zero attached hydrogens (tertiary/aromatic N) is 1. The third kappa shape index (κ3) is 4.75. The van der Waals surface area contributed by atoms with Gasteiger partial charge in [-0.3, -0.25) is 0 Å². The fraction of sp³-hybridized carbons (Fsp3) is 0.136. The molecule has 150 valence electrons. The van der Waals surface area contributed by atoms with Crippen molar-refractivity contribution in [1.82, 2.24) is 4.83 Å². The Morgan fingerprint density at radius 2 is 1.90 bits per heavy atom. The van der Waals surface area contributed by atoms with Gasteiger partial charge in [0.05, 0.1) is 17.7 Å². The van der Waals surface area contributed by atoms with Gasteiger partial charge in [-0.1, -0.05) is 36.4 Å². The van der Waals surface area contributed by atoms with Gasteiger partial charge in [-0.2, -0.15) is 13.5 Å². The SMILES string of the molecule is C=CCc1cc(/C=N/NS(=O)(=O)c2ccc3ccccc3c2)cc(OCC)c1O. The van der Waals surface area contributed by atoms with Crippen molar-refractivity contribution in [3.05, 3.63) is 78.4 Å². The zero-order valence-electron chi connectivity index (χ0n) is 16.0. The van der Waals surface area contributed by atoms with E-state index in [9.17, 15) is 13.5 Å². The van der Waals surface area contributed by atoms with Crippen molar-refractivity contribution < 1.29 is 18.3 Å². The van der Waals surface area contributed by atoms with E-state index in [4.69, 9.17) is 4.74 Å². The van der Waals surface area contributed by atoms with Crippen molar-refractivity contribution in [2.24, 2.45) is 5.10 Å². The van der Waals surface area contributed by atoms with Gasteiger partial charge in [-0.25, -0.2) is 4.83 Å². The fourth-order valence-electron chi connectivity index (χ4n) is 2.90. The summed E-state index contributed by atoms with van der Waals surface area (Å²) in [6.45, 7) is 5.87. The van der Waals surface area contributed by atoms with Crippen LogP contribution in [0.2, 0.25) is 0 Å². The Bertz CT molecular complexity index is 1170. The van der Waals surface area contributed by atoms with E-state index in [-0.39, 0.29) is 10.6 Å². The van der Waals surface area contributed by atoms with E-state index >= 15 is 0 Å². The summed E-state index contributed by atoms with van der Waals surface area (Å²) in [5.41, 5.74) is 1.20. The average Bonchev–Trinajstić information content (AvgIpc) is 2.71. The number of aromatic hydroxyl groups is 1. The van der Waals surface area contributed by atoms with E-state index in [2.05, 4.69) is 16.5 Å². The maximum atomic E-state index is 12.6. The normalized spacial score (nSPS) is 11.6. The number of phenolic OH excluding ortho intramolecular Hbond substituents is 1. The lowest BCUT2D eigenvalue weighted by Gasteiger charge is -2.11. The van der Waals surface area contributed by atoms with Crippen molar-refractivity contribution in [1.29, 1.82) is 0 Å². The molecule has 0 saturated carbocycles. The van der Waals surface area contributed by atoms with Gasteiger partial charge >= 0.3 is 0 Å². The van der Waals surface area contributed by atoms with Crippen LogP contribution in [0.1, 0.15) is 18.1 Å². The zero-order chi connectivity index (χ0) is 20.9. The number of hydrazone groups is 1. The molecule has 0 atom stereocenters. The van der Waals surface area contributed by atoms with Gasteiger partial charge in [0.15, 0.2) is 11.5 Å². The standard InChI is InChI=1S/C22H22N2O4S/c1-3-7-19-12-16(13-21(22(19)25)28-4-2)15-23-24-29(26,27)20-11-10-17-8-5-6-9-18(17)14-20/h3,5-6,8-15,24-25H,1,4,7H2,2H3/b23-15+. The molecular weight excluding hydrogens is 388 g/mol. The monoisotopic (exact) mass is 410 g/mol. The molecule has 0 fully saturated rings. The van der Waals surface area contributed by atoms with Crippen LogP contribution in [0.25, 0.3) is 10.8 Å². The summed E-state index contributed by atoms with van der Waals surface area (Å²) >= 11 is 0. The summed E-state index contributed by atoms with van der Waals surface area (Å²) in [7, 11) is -3.82.